The number of carbonyl (C=O) groups excluding carboxylic acids is 1. The molecule has 0 radical (unpaired) electrons. The fourth-order valence-corrected chi connectivity index (χ4v) is 2.23. The van der Waals surface area contributed by atoms with Crippen molar-refractivity contribution in [3.8, 4) is 0 Å². The lowest BCUT2D eigenvalue weighted by molar-refractivity contribution is -0.159. The summed E-state index contributed by atoms with van der Waals surface area (Å²) in [4.78, 5) is 13.2. The highest BCUT2D eigenvalue weighted by molar-refractivity contribution is 5.66. The molecule has 1 unspecified atom stereocenters. The molecule has 1 aromatic rings. The molecule has 1 heterocycles. The van der Waals surface area contributed by atoms with E-state index < -0.39 is 0 Å². The van der Waals surface area contributed by atoms with Crippen molar-refractivity contribution in [1.29, 1.82) is 0 Å². The second-order valence-corrected chi connectivity index (χ2v) is 4.17. The number of β-amino-alcohol motifs (C(OH)–C–C–N with tert-alkyl or cyclic N) is 1. The Morgan fingerprint density at radius 1 is 1.53 bits per heavy atom. The van der Waals surface area contributed by atoms with Crippen LogP contribution in [0.4, 0.5) is 0 Å². The highest BCUT2D eigenvalue weighted by atomic mass is 16.6. The first-order valence-electron chi connectivity index (χ1n) is 5.82. The summed E-state index contributed by atoms with van der Waals surface area (Å²) in [6, 6.07) is 7.97. The molecule has 4 nitrogen and oxygen atoms in total. The smallest absolute Gasteiger partial charge is 0.304 e. The van der Waals surface area contributed by atoms with Crippen LogP contribution in [0.2, 0.25) is 0 Å². The van der Waals surface area contributed by atoms with Gasteiger partial charge in [0, 0.05) is 25.6 Å². The molecule has 1 atom stereocenters. The van der Waals surface area contributed by atoms with Crippen molar-refractivity contribution in [2.75, 3.05) is 19.7 Å². The van der Waals surface area contributed by atoms with E-state index in [1.807, 2.05) is 23.1 Å². The molecule has 17 heavy (non-hydrogen) atoms. The van der Waals surface area contributed by atoms with Gasteiger partial charge in [0.2, 0.25) is 0 Å². The topological polar surface area (TPSA) is 49.8 Å². The summed E-state index contributed by atoms with van der Waals surface area (Å²) in [5, 5.41) is 9.04. The molecular weight excluding hydrogens is 218 g/mol. The summed E-state index contributed by atoms with van der Waals surface area (Å²) in [7, 11) is 0. The van der Waals surface area contributed by atoms with Gasteiger partial charge in [0.1, 0.15) is 0 Å². The van der Waals surface area contributed by atoms with Crippen LogP contribution in [-0.2, 0) is 16.0 Å². The van der Waals surface area contributed by atoms with Crippen LogP contribution in [0, 0.1) is 0 Å². The second-order valence-electron chi connectivity index (χ2n) is 4.17. The van der Waals surface area contributed by atoms with Crippen LogP contribution in [0.1, 0.15) is 24.3 Å². The minimum Gasteiger partial charge on any atom is -0.442 e. The number of fused-ring (bicyclic) bond motifs is 1. The van der Waals surface area contributed by atoms with E-state index in [2.05, 4.69) is 6.07 Å². The molecule has 1 N–H and O–H groups in total. The van der Waals surface area contributed by atoms with Gasteiger partial charge in [-0.15, -0.1) is 0 Å². The molecule has 0 bridgehead atoms. The first kappa shape index (κ1) is 12.1. The first-order valence-corrected chi connectivity index (χ1v) is 5.82. The lowest BCUT2D eigenvalue weighted by Gasteiger charge is -2.35. The summed E-state index contributed by atoms with van der Waals surface area (Å²) in [6.45, 7) is 2.80. The summed E-state index contributed by atoms with van der Waals surface area (Å²) >= 11 is 0. The van der Waals surface area contributed by atoms with Gasteiger partial charge in [-0.3, -0.25) is 9.69 Å². The van der Waals surface area contributed by atoms with E-state index in [0.717, 1.165) is 18.5 Å². The standard InChI is InChI=1S/C13H17NO3/c1-10(16)17-13-12-5-3-2-4-11(12)6-7-14(13)8-9-15/h2-5,13,15H,6-9H2,1H3. The number of esters is 1. The molecule has 1 aliphatic heterocycles. The lowest BCUT2D eigenvalue weighted by Crippen LogP contribution is -2.39. The molecule has 0 amide bonds. The molecule has 1 aromatic carbocycles. The van der Waals surface area contributed by atoms with Crippen LogP contribution in [0.15, 0.2) is 24.3 Å². The Hall–Kier alpha value is -1.39. The number of aliphatic hydroxyl groups is 1. The Labute approximate surface area is 101 Å². The molecule has 92 valence electrons. The number of nitrogens with zero attached hydrogens (tertiary/aromatic N) is 1. The number of aliphatic hydroxyl groups excluding tert-OH is 1. The molecule has 2 rings (SSSR count). The van der Waals surface area contributed by atoms with Crippen LogP contribution in [0.25, 0.3) is 0 Å². The Morgan fingerprint density at radius 3 is 3.00 bits per heavy atom. The fourth-order valence-electron chi connectivity index (χ4n) is 2.23. The number of hydrogen-bond donors (Lipinski definition) is 1. The van der Waals surface area contributed by atoms with E-state index in [-0.39, 0.29) is 18.8 Å². The number of benzene rings is 1. The molecule has 4 heteroatoms. The predicted molar refractivity (Wildman–Crippen MR) is 63.3 cm³/mol. The van der Waals surface area contributed by atoms with Crippen LogP contribution in [0.3, 0.4) is 0 Å². The van der Waals surface area contributed by atoms with Gasteiger partial charge >= 0.3 is 5.97 Å². The van der Waals surface area contributed by atoms with E-state index in [1.54, 1.807) is 0 Å². The van der Waals surface area contributed by atoms with Crippen molar-refractivity contribution in [1.82, 2.24) is 4.90 Å². The summed E-state index contributed by atoms with van der Waals surface area (Å²) < 4.78 is 5.36. The first-order chi connectivity index (χ1) is 8.22. The molecule has 0 fully saturated rings. The molecule has 0 spiro atoms. The Morgan fingerprint density at radius 2 is 2.29 bits per heavy atom. The van der Waals surface area contributed by atoms with Crippen molar-refractivity contribution in [3.05, 3.63) is 35.4 Å². The SMILES string of the molecule is CC(=O)OC1c2ccccc2CCN1CCO. The van der Waals surface area contributed by atoms with Gasteiger partial charge < -0.3 is 9.84 Å². The number of rotatable bonds is 3. The maximum absolute atomic E-state index is 11.2. The molecular formula is C13H17NO3. The largest absolute Gasteiger partial charge is 0.442 e. The van der Waals surface area contributed by atoms with E-state index in [1.165, 1.54) is 12.5 Å². The molecule has 0 saturated heterocycles. The van der Waals surface area contributed by atoms with Gasteiger partial charge in [-0.1, -0.05) is 24.3 Å². The number of ether oxygens (including phenoxy) is 1. The van der Waals surface area contributed by atoms with Gasteiger partial charge in [-0.25, -0.2) is 0 Å². The van der Waals surface area contributed by atoms with Crippen molar-refractivity contribution >= 4 is 5.97 Å². The summed E-state index contributed by atoms with van der Waals surface area (Å²) in [5.74, 6) is -0.297. The van der Waals surface area contributed by atoms with Crippen LogP contribution in [0.5, 0.6) is 0 Å². The Bertz CT molecular complexity index is 405. The van der Waals surface area contributed by atoms with Crippen LogP contribution < -0.4 is 0 Å². The van der Waals surface area contributed by atoms with E-state index in [9.17, 15) is 4.79 Å². The summed E-state index contributed by atoms with van der Waals surface area (Å²) in [5.41, 5.74) is 2.25. The van der Waals surface area contributed by atoms with Crippen LogP contribution >= 0.6 is 0 Å². The zero-order chi connectivity index (χ0) is 12.3. The Balaban J connectivity index is 2.28. The monoisotopic (exact) mass is 235 g/mol. The minimum atomic E-state index is -0.357. The van der Waals surface area contributed by atoms with Gasteiger partial charge in [-0.2, -0.15) is 0 Å². The maximum atomic E-state index is 11.2. The number of carbonyl (C=O) groups is 1. The number of hydrogen-bond acceptors (Lipinski definition) is 4. The maximum Gasteiger partial charge on any atom is 0.304 e. The average Bonchev–Trinajstić information content (AvgIpc) is 2.32. The van der Waals surface area contributed by atoms with Crippen molar-refractivity contribution in [3.63, 3.8) is 0 Å². The third-order valence-corrected chi connectivity index (χ3v) is 2.99. The van der Waals surface area contributed by atoms with Crippen LogP contribution in [-0.4, -0.2) is 35.7 Å². The van der Waals surface area contributed by atoms with E-state index in [0.29, 0.717) is 6.54 Å². The molecule has 0 aromatic heterocycles. The Kier molecular flexibility index (Phi) is 3.76. The fraction of sp³-hybridized carbons (Fsp3) is 0.462. The third kappa shape index (κ3) is 2.65. The van der Waals surface area contributed by atoms with Gasteiger partial charge in [0.05, 0.1) is 6.61 Å². The molecule has 0 saturated carbocycles. The quantitative estimate of drug-likeness (QED) is 0.797. The van der Waals surface area contributed by atoms with Gasteiger partial charge in [-0.05, 0) is 12.0 Å². The van der Waals surface area contributed by atoms with Gasteiger partial charge in [0.25, 0.3) is 0 Å². The highest BCUT2D eigenvalue weighted by Crippen LogP contribution is 2.30. The normalized spacial score (nSPS) is 19.8. The zero-order valence-electron chi connectivity index (χ0n) is 9.93. The van der Waals surface area contributed by atoms with Crippen molar-refractivity contribution < 1.29 is 14.6 Å². The van der Waals surface area contributed by atoms with Crippen molar-refractivity contribution in [2.24, 2.45) is 0 Å². The zero-order valence-corrected chi connectivity index (χ0v) is 9.93. The van der Waals surface area contributed by atoms with E-state index in [4.69, 9.17) is 9.84 Å². The lowest BCUT2D eigenvalue weighted by atomic mass is 9.98. The molecule has 0 aliphatic carbocycles. The third-order valence-electron chi connectivity index (χ3n) is 2.99. The average molecular weight is 235 g/mol. The van der Waals surface area contributed by atoms with E-state index >= 15 is 0 Å². The summed E-state index contributed by atoms with van der Waals surface area (Å²) in [6.07, 6.45) is 0.568. The molecule has 1 aliphatic rings. The highest BCUT2D eigenvalue weighted by Gasteiger charge is 2.28. The van der Waals surface area contributed by atoms with Gasteiger partial charge in [0.15, 0.2) is 6.23 Å². The predicted octanol–water partition coefficient (Wildman–Crippen LogP) is 1.10. The van der Waals surface area contributed by atoms with Crippen molar-refractivity contribution in [2.45, 2.75) is 19.6 Å². The minimum absolute atomic E-state index is 0.0694. The second kappa shape index (κ2) is 5.29.